The minimum Gasteiger partial charge on any atom is -0.316 e. The molecule has 1 heteroatoms. The first-order chi connectivity index (χ1) is 7.36. The van der Waals surface area contributed by atoms with E-state index in [1.807, 2.05) is 0 Å². The molecule has 2 unspecified atom stereocenters. The third kappa shape index (κ3) is 5.55. The minimum atomic E-state index is 0.971. The van der Waals surface area contributed by atoms with Crippen molar-refractivity contribution in [1.29, 1.82) is 0 Å². The van der Waals surface area contributed by atoms with Gasteiger partial charge in [-0.05, 0) is 44.2 Å². The van der Waals surface area contributed by atoms with E-state index < -0.39 is 0 Å². The Hall–Kier alpha value is -0.0400. The molecule has 0 aromatic rings. The molecule has 15 heavy (non-hydrogen) atoms. The predicted molar refractivity (Wildman–Crippen MR) is 68.1 cm³/mol. The highest BCUT2D eigenvalue weighted by Crippen LogP contribution is 2.29. The van der Waals surface area contributed by atoms with Gasteiger partial charge in [-0.25, -0.2) is 0 Å². The highest BCUT2D eigenvalue weighted by Gasteiger charge is 2.17. The molecule has 1 fully saturated rings. The summed E-state index contributed by atoms with van der Waals surface area (Å²) in [6.45, 7) is 7.05. The Morgan fingerprint density at radius 2 is 1.67 bits per heavy atom. The standard InChI is InChI=1S/C14H29N/c1-3-6-13-7-5-8-14(10-9-13)12-15-11-4-2/h13-15H,3-12H2,1-2H3. The van der Waals surface area contributed by atoms with Crippen LogP contribution in [-0.4, -0.2) is 13.1 Å². The molecular formula is C14H29N. The van der Waals surface area contributed by atoms with Crippen LogP contribution in [0.2, 0.25) is 0 Å². The first-order valence-corrected chi connectivity index (χ1v) is 7.07. The molecule has 2 atom stereocenters. The van der Waals surface area contributed by atoms with Crippen LogP contribution < -0.4 is 5.32 Å². The van der Waals surface area contributed by atoms with Gasteiger partial charge in [0.2, 0.25) is 0 Å². The molecule has 0 amide bonds. The summed E-state index contributed by atoms with van der Waals surface area (Å²) in [6.07, 6.45) is 11.5. The Morgan fingerprint density at radius 3 is 2.40 bits per heavy atom. The molecule has 0 heterocycles. The maximum Gasteiger partial charge on any atom is -0.00205 e. The van der Waals surface area contributed by atoms with Gasteiger partial charge < -0.3 is 5.32 Å². The van der Waals surface area contributed by atoms with Gasteiger partial charge in [0.1, 0.15) is 0 Å². The lowest BCUT2D eigenvalue weighted by Crippen LogP contribution is -2.23. The van der Waals surface area contributed by atoms with Crippen molar-refractivity contribution in [2.45, 2.75) is 65.2 Å². The highest BCUT2D eigenvalue weighted by atomic mass is 14.8. The minimum absolute atomic E-state index is 0.971. The second-order valence-corrected chi connectivity index (χ2v) is 5.23. The maximum absolute atomic E-state index is 3.58. The average molecular weight is 211 g/mol. The summed E-state index contributed by atoms with van der Waals surface area (Å²) in [6, 6.07) is 0. The van der Waals surface area contributed by atoms with Crippen LogP contribution in [0.1, 0.15) is 65.2 Å². The van der Waals surface area contributed by atoms with Crippen LogP contribution in [0.4, 0.5) is 0 Å². The first kappa shape index (κ1) is 13.0. The quantitative estimate of drug-likeness (QED) is 0.517. The Labute approximate surface area is 96.0 Å². The van der Waals surface area contributed by atoms with E-state index in [0.29, 0.717) is 0 Å². The van der Waals surface area contributed by atoms with Gasteiger partial charge >= 0.3 is 0 Å². The summed E-state index contributed by atoms with van der Waals surface area (Å²) in [4.78, 5) is 0. The van der Waals surface area contributed by atoms with Gasteiger partial charge in [-0.15, -0.1) is 0 Å². The Morgan fingerprint density at radius 1 is 0.933 bits per heavy atom. The Kier molecular flexibility index (Phi) is 7.08. The van der Waals surface area contributed by atoms with E-state index in [9.17, 15) is 0 Å². The van der Waals surface area contributed by atoms with Gasteiger partial charge in [-0.3, -0.25) is 0 Å². The fourth-order valence-electron chi connectivity index (χ4n) is 2.84. The Balaban J connectivity index is 2.14. The van der Waals surface area contributed by atoms with Gasteiger partial charge in [-0.1, -0.05) is 46.0 Å². The van der Waals surface area contributed by atoms with Crippen molar-refractivity contribution in [3.63, 3.8) is 0 Å². The second-order valence-electron chi connectivity index (χ2n) is 5.23. The zero-order chi connectivity index (χ0) is 10.9. The van der Waals surface area contributed by atoms with Crippen molar-refractivity contribution in [1.82, 2.24) is 5.32 Å². The van der Waals surface area contributed by atoms with Gasteiger partial charge in [-0.2, -0.15) is 0 Å². The SMILES string of the molecule is CCCNCC1CCCC(CCC)CC1. The molecule has 0 aromatic heterocycles. The number of hydrogen-bond acceptors (Lipinski definition) is 1. The summed E-state index contributed by atoms with van der Waals surface area (Å²) in [5.74, 6) is 2.02. The smallest absolute Gasteiger partial charge is 0.00205 e. The van der Waals surface area contributed by atoms with Crippen molar-refractivity contribution in [3.8, 4) is 0 Å². The van der Waals surface area contributed by atoms with E-state index in [1.54, 1.807) is 0 Å². The van der Waals surface area contributed by atoms with Crippen molar-refractivity contribution < 1.29 is 0 Å². The molecule has 0 aliphatic heterocycles. The van der Waals surface area contributed by atoms with Crippen LogP contribution in [0.5, 0.6) is 0 Å². The summed E-state index contributed by atoms with van der Waals surface area (Å²) in [5.41, 5.74) is 0. The molecule has 0 aromatic carbocycles. The fourth-order valence-corrected chi connectivity index (χ4v) is 2.84. The molecule has 0 bridgehead atoms. The van der Waals surface area contributed by atoms with Crippen molar-refractivity contribution in [3.05, 3.63) is 0 Å². The van der Waals surface area contributed by atoms with E-state index in [-0.39, 0.29) is 0 Å². The van der Waals surface area contributed by atoms with Gasteiger partial charge in [0, 0.05) is 0 Å². The van der Waals surface area contributed by atoms with Crippen LogP contribution in [0.3, 0.4) is 0 Å². The zero-order valence-electron chi connectivity index (χ0n) is 10.7. The highest BCUT2D eigenvalue weighted by molar-refractivity contribution is 4.71. The molecule has 1 saturated carbocycles. The van der Waals surface area contributed by atoms with Crippen LogP contribution >= 0.6 is 0 Å². The van der Waals surface area contributed by atoms with Crippen LogP contribution in [0, 0.1) is 11.8 Å². The molecule has 0 radical (unpaired) electrons. The molecule has 0 spiro atoms. The largest absolute Gasteiger partial charge is 0.316 e. The van der Waals surface area contributed by atoms with Crippen LogP contribution in [-0.2, 0) is 0 Å². The third-order valence-electron chi connectivity index (χ3n) is 3.76. The van der Waals surface area contributed by atoms with Crippen molar-refractivity contribution in [2.75, 3.05) is 13.1 Å². The van der Waals surface area contributed by atoms with E-state index in [4.69, 9.17) is 0 Å². The second kappa shape index (κ2) is 8.15. The number of hydrogen-bond donors (Lipinski definition) is 1. The van der Waals surface area contributed by atoms with Crippen molar-refractivity contribution in [2.24, 2.45) is 11.8 Å². The summed E-state index contributed by atoms with van der Waals surface area (Å²) in [7, 11) is 0. The maximum atomic E-state index is 3.58. The molecule has 1 N–H and O–H groups in total. The van der Waals surface area contributed by atoms with Gasteiger partial charge in [0.05, 0.1) is 0 Å². The monoisotopic (exact) mass is 211 g/mol. The number of rotatable bonds is 6. The fraction of sp³-hybridized carbons (Fsp3) is 1.00. The molecule has 1 aliphatic carbocycles. The molecule has 1 aliphatic rings. The lowest BCUT2D eigenvalue weighted by molar-refractivity contribution is 0.396. The topological polar surface area (TPSA) is 12.0 Å². The summed E-state index contributed by atoms with van der Waals surface area (Å²) >= 11 is 0. The first-order valence-electron chi connectivity index (χ1n) is 7.07. The molecule has 0 saturated heterocycles. The number of nitrogens with one attached hydrogen (secondary N) is 1. The van der Waals surface area contributed by atoms with Crippen LogP contribution in [0.25, 0.3) is 0 Å². The Bertz CT molecular complexity index is 144. The third-order valence-corrected chi connectivity index (χ3v) is 3.76. The predicted octanol–water partition coefficient (Wildman–Crippen LogP) is 3.98. The van der Waals surface area contributed by atoms with E-state index in [0.717, 1.165) is 11.8 Å². The van der Waals surface area contributed by atoms with E-state index in [2.05, 4.69) is 19.2 Å². The van der Waals surface area contributed by atoms with Gasteiger partial charge in [0.25, 0.3) is 0 Å². The van der Waals surface area contributed by atoms with E-state index >= 15 is 0 Å². The average Bonchev–Trinajstić information content (AvgIpc) is 2.45. The molecule has 1 nitrogen and oxygen atoms in total. The molecule has 90 valence electrons. The normalized spacial score (nSPS) is 27.6. The zero-order valence-corrected chi connectivity index (χ0v) is 10.7. The lowest BCUT2D eigenvalue weighted by atomic mass is 9.94. The molecule has 1 rings (SSSR count). The van der Waals surface area contributed by atoms with Crippen LogP contribution in [0.15, 0.2) is 0 Å². The van der Waals surface area contributed by atoms with E-state index in [1.165, 1.54) is 64.5 Å². The molecular weight excluding hydrogens is 182 g/mol. The van der Waals surface area contributed by atoms with Gasteiger partial charge in [0.15, 0.2) is 0 Å². The lowest BCUT2D eigenvalue weighted by Gasteiger charge is -2.15. The summed E-state index contributed by atoms with van der Waals surface area (Å²) < 4.78 is 0. The van der Waals surface area contributed by atoms with Crippen molar-refractivity contribution >= 4 is 0 Å². The summed E-state index contributed by atoms with van der Waals surface area (Å²) in [5, 5.41) is 3.58.